The van der Waals surface area contributed by atoms with Crippen LogP contribution in [0.15, 0.2) is 0 Å². The number of carbonyl (C=O) groups excluding carboxylic acids is 1. The summed E-state index contributed by atoms with van der Waals surface area (Å²) in [6.45, 7) is 9.52. The van der Waals surface area contributed by atoms with Crippen LogP contribution in [0.4, 0.5) is 0 Å². The fourth-order valence-corrected chi connectivity index (χ4v) is 2.22. The molecule has 1 unspecified atom stereocenters. The monoisotopic (exact) mass is 199 g/mol. The van der Waals surface area contributed by atoms with E-state index in [0.717, 1.165) is 19.4 Å². The molecular weight excluding hydrogens is 178 g/mol. The standard InChI is InChI=1S/C11H21NO2/c1-5-14-9(13)11(4)8-10(2,3)6-7-12-11/h12H,5-8H2,1-4H3. The molecule has 1 rings (SSSR count). The van der Waals surface area contributed by atoms with Crippen LogP contribution >= 0.6 is 0 Å². The van der Waals surface area contributed by atoms with Gasteiger partial charge in [0, 0.05) is 0 Å². The van der Waals surface area contributed by atoms with Crippen molar-refractivity contribution in [2.75, 3.05) is 13.2 Å². The van der Waals surface area contributed by atoms with Crippen molar-refractivity contribution >= 4 is 5.97 Å². The molecule has 14 heavy (non-hydrogen) atoms. The largest absolute Gasteiger partial charge is 0.465 e. The highest BCUT2D eigenvalue weighted by molar-refractivity contribution is 5.80. The fraction of sp³-hybridized carbons (Fsp3) is 0.909. The van der Waals surface area contributed by atoms with Crippen molar-refractivity contribution in [2.24, 2.45) is 5.41 Å². The van der Waals surface area contributed by atoms with Crippen LogP contribution in [0.2, 0.25) is 0 Å². The zero-order valence-electron chi connectivity index (χ0n) is 9.64. The third-order valence-corrected chi connectivity index (χ3v) is 2.88. The van der Waals surface area contributed by atoms with E-state index >= 15 is 0 Å². The first-order chi connectivity index (χ1) is 6.40. The highest BCUT2D eigenvalue weighted by atomic mass is 16.5. The van der Waals surface area contributed by atoms with Gasteiger partial charge in [-0.1, -0.05) is 13.8 Å². The molecule has 0 aromatic carbocycles. The Morgan fingerprint density at radius 3 is 2.57 bits per heavy atom. The fourth-order valence-electron chi connectivity index (χ4n) is 2.22. The molecule has 0 aromatic rings. The van der Waals surface area contributed by atoms with E-state index in [4.69, 9.17) is 4.74 Å². The number of hydrogen-bond donors (Lipinski definition) is 1. The summed E-state index contributed by atoms with van der Waals surface area (Å²) in [5.74, 6) is -0.118. The first kappa shape index (κ1) is 11.5. The first-order valence-corrected chi connectivity index (χ1v) is 5.32. The van der Waals surface area contributed by atoms with Crippen LogP contribution in [-0.2, 0) is 9.53 Å². The molecule has 0 aromatic heterocycles. The van der Waals surface area contributed by atoms with Gasteiger partial charge in [0.2, 0.25) is 0 Å². The lowest BCUT2D eigenvalue weighted by molar-refractivity contribution is -0.153. The van der Waals surface area contributed by atoms with E-state index in [1.165, 1.54) is 0 Å². The number of ether oxygens (including phenoxy) is 1. The van der Waals surface area contributed by atoms with Gasteiger partial charge < -0.3 is 10.1 Å². The Kier molecular flexibility index (Phi) is 3.20. The van der Waals surface area contributed by atoms with Crippen LogP contribution in [0, 0.1) is 5.41 Å². The Labute approximate surface area is 86.2 Å². The molecule has 0 radical (unpaired) electrons. The van der Waals surface area contributed by atoms with Gasteiger partial charge in [0.05, 0.1) is 6.61 Å². The van der Waals surface area contributed by atoms with Crippen molar-refractivity contribution in [1.82, 2.24) is 5.32 Å². The maximum absolute atomic E-state index is 11.7. The number of hydrogen-bond acceptors (Lipinski definition) is 3. The highest BCUT2D eigenvalue weighted by Crippen LogP contribution is 2.35. The molecule has 3 heteroatoms. The van der Waals surface area contributed by atoms with E-state index in [1.54, 1.807) is 0 Å². The van der Waals surface area contributed by atoms with Crippen LogP contribution in [0.5, 0.6) is 0 Å². The van der Waals surface area contributed by atoms with Crippen molar-refractivity contribution in [3.8, 4) is 0 Å². The van der Waals surface area contributed by atoms with Gasteiger partial charge in [0.1, 0.15) is 5.54 Å². The van der Waals surface area contributed by atoms with Crippen molar-refractivity contribution < 1.29 is 9.53 Å². The van der Waals surface area contributed by atoms with Crippen LogP contribution in [0.1, 0.15) is 40.5 Å². The van der Waals surface area contributed by atoms with E-state index in [9.17, 15) is 4.79 Å². The molecule has 0 aliphatic carbocycles. The lowest BCUT2D eigenvalue weighted by Gasteiger charge is -2.41. The molecule has 82 valence electrons. The van der Waals surface area contributed by atoms with Gasteiger partial charge in [0.15, 0.2) is 0 Å². The van der Waals surface area contributed by atoms with E-state index in [2.05, 4.69) is 19.2 Å². The SMILES string of the molecule is CCOC(=O)C1(C)CC(C)(C)CCN1. The summed E-state index contributed by atoms with van der Waals surface area (Å²) in [6, 6.07) is 0. The second-order valence-electron chi connectivity index (χ2n) is 5.07. The maximum Gasteiger partial charge on any atom is 0.326 e. The molecule has 1 N–H and O–H groups in total. The van der Waals surface area contributed by atoms with Crippen molar-refractivity contribution in [3.63, 3.8) is 0 Å². The van der Waals surface area contributed by atoms with Gasteiger partial charge in [-0.15, -0.1) is 0 Å². The molecular formula is C11H21NO2. The van der Waals surface area contributed by atoms with Crippen LogP contribution < -0.4 is 5.32 Å². The molecule has 1 aliphatic heterocycles. The van der Waals surface area contributed by atoms with Crippen molar-refractivity contribution in [1.29, 1.82) is 0 Å². The van der Waals surface area contributed by atoms with Gasteiger partial charge in [-0.2, -0.15) is 0 Å². The smallest absolute Gasteiger partial charge is 0.326 e. The second kappa shape index (κ2) is 3.89. The Morgan fingerprint density at radius 2 is 2.07 bits per heavy atom. The zero-order valence-corrected chi connectivity index (χ0v) is 9.64. The lowest BCUT2D eigenvalue weighted by atomic mass is 9.74. The van der Waals surface area contributed by atoms with Gasteiger partial charge in [-0.3, -0.25) is 4.79 Å². The minimum Gasteiger partial charge on any atom is -0.465 e. The molecule has 0 saturated carbocycles. The summed E-state index contributed by atoms with van der Waals surface area (Å²) < 4.78 is 5.08. The molecule has 1 atom stereocenters. The van der Waals surface area contributed by atoms with E-state index in [1.807, 2.05) is 13.8 Å². The van der Waals surface area contributed by atoms with E-state index < -0.39 is 5.54 Å². The zero-order chi connectivity index (χ0) is 10.8. The molecule has 1 saturated heterocycles. The molecule has 0 bridgehead atoms. The minimum absolute atomic E-state index is 0.118. The summed E-state index contributed by atoms with van der Waals surface area (Å²) in [7, 11) is 0. The Balaban J connectivity index is 2.68. The number of piperidine rings is 1. The molecule has 3 nitrogen and oxygen atoms in total. The average molecular weight is 199 g/mol. The highest BCUT2D eigenvalue weighted by Gasteiger charge is 2.42. The predicted octanol–water partition coefficient (Wildman–Crippen LogP) is 1.72. The molecule has 1 aliphatic rings. The average Bonchev–Trinajstić information content (AvgIpc) is 2.02. The normalized spacial score (nSPS) is 31.1. The van der Waals surface area contributed by atoms with E-state index in [-0.39, 0.29) is 11.4 Å². The number of esters is 1. The molecule has 1 fully saturated rings. The van der Waals surface area contributed by atoms with Gasteiger partial charge in [-0.05, 0) is 38.6 Å². The van der Waals surface area contributed by atoms with Gasteiger partial charge >= 0.3 is 5.97 Å². The Hall–Kier alpha value is -0.570. The van der Waals surface area contributed by atoms with Crippen LogP contribution in [-0.4, -0.2) is 24.7 Å². The quantitative estimate of drug-likeness (QED) is 0.688. The summed E-state index contributed by atoms with van der Waals surface area (Å²) in [5, 5.41) is 3.26. The number of rotatable bonds is 2. The van der Waals surface area contributed by atoms with Gasteiger partial charge in [-0.25, -0.2) is 0 Å². The van der Waals surface area contributed by atoms with E-state index in [0.29, 0.717) is 6.61 Å². The summed E-state index contributed by atoms with van der Waals surface area (Å²) in [6.07, 6.45) is 1.96. The predicted molar refractivity (Wildman–Crippen MR) is 56.1 cm³/mol. The maximum atomic E-state index is 11.7. The molecule has 1 heterocycles. The summed E-state index contributed by atoms with van der Waals surface area (Å²) >= 11 is 0. The lowest BCUT2D eigenvalue weighted by Crippen LogP contribution is -2.57. The van der Waals surface area contributed by atoms with Crippen LogP contribution in [0.3, 0.4) is 0 Å². The Bertz CT molecular complexity index is 225. The third kappa shape index (κ3) is 2.47. The van der Waals surface area contributed by atoms with Gasteiger partial charge in [0.25, 0.3) is 0 Å². The number of nitrogens with one attached hydrogen (secondary N) is 1. The van der Waals surface area contributed by atoms with Crippen molar-refractivity contribution in [2.45, 2.75) is 46.1 Å². The third-order valence-electron chi connectivity index (χ3n) is 2.88. The topological polar surface area (TPSA) is 38.3 Å². The van der Waals surface area contributed by atoms with Crippen molar-refractivity contribution in [3.05, 3.63) is 0 Å². The summed E-state index contributed by atoms with van der Waals surface area (Å²) in [5.41, 5.74) is -0.259. The Morgan fingerprint density at radius 1 is 1.43 bits per heavy atom. The first-order valence-electron chi connectivity index (χ1n) is 5.32. The minimum atomic E-state index is -0.488. The molecule has 0 spiro atoms. The molecule has 0 amide bonds. The second-order valence-corrected chi connectivity index (χ2v) is 5.07. The number of carbonyl (C=O) groups is 1. The summed E-state index contributed by atoms with van der Waals surface area (Å²) in [4.78, 5) is 11.7. The van der Waals surface area contributed by atoms with Crippen LogP contribution in [0.25, 0.3) is 0 Å².